The van der Waals surface area contributed by atoms with Crippen molar-refractivity contribution >= 4 is 40.7 Å². The first-order valence-corrected chi connectivity index (χ1v) is 10.5. The summed E-state index contributed by atoms with van der Waals surface area (Å²) in [7, 11) is 0. The normalized spacial score (nSPS) is 28.0. The van der Waals surface area contributed by atoms with Gasteiger partial charge in [-0.3, -0.25) is 34.2 Å². The summed E-state index contributed by atoms with van der Waals surface area (Å²) in [6, 6.07) is 9.95. The van der Waals surface area contributed by atoms with Crippen molar-refractivity contribution in [1.29, 1.82) is 0 Å². The zero-order valence-corrected chi connectivity index (χ0v) is 16.8. The van der Waals surface area contributed by atoms with E-state index in [-0.39, 0.29) is 52.3 Å². The Balaban J connectivity index is 1.32. The quantitative estimate of drug-likeness (QED) is 0.419. The SMILES string of the molecule is O=C1c2cccc([N+](=O)[O-])c2C(=O)N1c1ccc(N2C(=O)[C@@H]3[C@H]4CC[C@@H](C4)[C@H]3C2=O)cc1. The lowest BCUT2D eigenvalue weighted by atomic mass is 9.81. The van der Waals surface area contributed by atoms with E-state index in [0.29, 0.717) is 5.69 Å². The molecule has 0 unspecified atom stereocenters. The van der Waals surface area contributed by atoms with Crippen molar-refractivity contribution in [3.05, 3.63) is 63.7 Å². The van der Waals surface area contributed by atoms with Gasteiger partial charge in [0, 0.05) is 6.07 Å². The van der Waals surface area contributed by atoms with Gasteiger partial charge in [-0.2, -0.15) is 0 Å². The van der Waals surface area contributed by atoms with Crippen LogP contribution in [0.1, 0.15) is 40.0 Å². The summed E-state index contributed by atoms with van der Waals surface area (Å²) in [6.45, 7) is 0. The fourth-order valence-electron chi connectivity index (χ4n) is 6.07. The largest absolute Gasteiger partial charge is 0.283 e. The molecule has 2 aromatic carbocycles. The molecule has 9 nitrogen and oxygen atoms in total. The molecule has 160 valence electrons. The second-order valence-electron chi connectivity index (χ2n) is 8.82. The predicted octanol–water partition coefficient (Wildman–Crippen LogP) is 2.93. The third-order valence-corrected chi connectivity index (χ3v) is 7.38. The lowest BCUT2D eigenvalue weighted by Gasteiger charge is -2.19. The number of nitrogens with zero attached hydrogens (tertiary/aromatic N) is 3. The Morgan fingerprint density at radius 2 is 1.34 bits per heavy atom. The summed E-state index contributed by atoms with van der Waals surface area (Å²) in [5.41, 5.74) is -0.0654. The molecule has 2 saturated carbocycles. The molecule has 4 atom stereocenters. The van der Waals surface area contributed by atoms with Crippen LogP contribution in [0.4, 0.5) is 17.1 Å². The summed E-state index contributed by atoms with van der Waals surface area (Å²) in [4.78, 5) is 64.4. The fourth-order valence-corrected chi connectivity index (χ4v) is 6.07. The van der Waals surface area contributed by atoms with Crippen molar-refractivity contribution in [2.75, 3.05) is 9.80 Å². The standard InChI is InChI=1S/C23H17N3O6/c27-20-15-2-1-3-16(26(31)32)19(15)23(30)24(20)13-6-8-14(9-7-13)25-21(28)17-11-4-5-12(10-11)18(17)22(25)29/h1-3,6-9,11-12,17-18H,4-5,10H2/t11-,12-,17+,18+/m0/s1. The summed E-state index contributed by atoms with van der Waals surface area (Å²) >= 11 is 0. The number of benzene rings is 2. The first-order chi connectivity index (χ1) is 15.4. The number of nitro benzene ring substituents is 1. The highest BCUT2D eigenvalue weighted by Crippen LogP contribution is 2.56. The highest BCUT2D eigenvalue weighted by atomic mass is 16.6. The number of nitro groups is 1. The number of amides is 4. The van der Waals surface area contributed by atoms with Crippen molar-refractivity contribution in [2.24, 2.45) is 23.7 Å². The molecule has 1 saturated heterocycles. The van der Waals surface area contributed by atoms with Gasteiger partial charge >= 0.3 is 0 Å². The van der Waals surface area contributed by atoms with Crippen LogP contribution in [0.3, 0.4) is 0 Å². The highest BCUT2D eigenvalue weighted by Gasteiger charge is 2.61. The molecule has 0 radical (unpaired) electrons. The van der Waals surface area contributed by atoms with Crippen molar-refractivity contribution in [3.63, 3.8) is 0 Å². The number of fused-ring (bicyclic) bond motifs is 6. The predicted molar refractivity (Wildman–Crippen MR) is 111 cm³/mol. The first-order valence-electron chi connectivity index (χ1n) is 10.5. The van der Waals surface area contributed by atoms with Crippen molar-refractivity contribution in [3.8, 4) is 0 Å². The highest BCUT2D eigenvalue weighted by molar-refractivity contribution is 6.35. The smallest absolute Gasteiger partial charge is 0.274 e. The zero-order valence-electron chi connectivity index (χ0n) is 16.8. The summed E-state index contributed by atoms with van der Waals surface area (Å²) in [5.74, 6) is -1.69. The first kappa shape index (κ1) is 18.9. The van der Waals surface area contributed by atoms with Gasteiger partial charge in [-0.15, -0.1) is 0 Å². The summed E-state index contributed by atoms with van der Waals surface area (Å²) in [6.07, 6.45) is 2.93. The van der Waals surface area contributed by atoms with Gasteiger partial charge in [0.15, 0.2) is 0 Å². The Morgan fingerprint density at radius 1 is 0.781 bits per heavy atom. The summed E-state index contributed by atoms with van der Waals surface area (Å²) < 4.78 is 0. The molecule has 4 amide bonds. The maximum atomic E-state index is 13.0. The van der Waals surface area contributed by atoms with Gasteiger partial charge in [0.1, 0.15) is 5.56 Å². The average molecular weight is 431 g/mol. The number of hydrogen-bond donors (Lipinski definition) is 0. The van der Waals surface area contributed by atoms with E-state index < -0.39 is 22.4 Å². The number of anilines is 2. The van der Waals surface area contributed by atoms with Gasteiger partial charge < -0.3 is 0 Å². The van der Waals surface area contributed by atoms with E-state index in [4.69, 9.17) is 0 Å². The molecule has 0 N–H and O–H groups in total. The number of imide groups is 2. The minimum atomic E-state index is -0.774. The van der Waals surface area contributed by atoms with Crippen LogP contribution >= 0.6 is 0 Å². The lowest BCUT2D eigenvalue weighted by Crippen LogP contribution is -2.33. The third kappa shape index (κ3) is 2.27. The van der Waals surface area contributed by atoms with Crippen LogP contribution in [0.5, 0.6) is 0 Å². The minimum absolute atomic E-state index is 0.0264. The molecular weight excluding hydrogens is 414 g/mol. The zero-order chi connectivity index (χ0) is 22.3. The maximum Gasteiger partial charge on any atom is 0.283 e. The molecule has 2 aliphatic heterocycles. The van der Waals surface area contributed by atoms with E-state index in [2.05, 4.69) is 0 Å². The average Bonchev–Trinajstić information content (AvgIpc) is 3.52. The number of carbonyl (C=O) groups is 4. The van der Waals surface area contributed by atoms with E-state index in [1.54, 1.807) is 0 Å². The van der Waals surface area contributed by atoms with Crippen molar-refractivity contribution in [1.82, 2.24) is 0 Å². The second-order valence-corrected chi connectivity index (χ2v) is 8.82. The van der Waals surface area contributed by atoms with Gasteiger partial charge in [0.05, 0.1) is 33.7 Å². The molecule has 2 aromatic rings. The van der Waals surface area contributed by atoms with Crippen LogP contribution in [0, 0.1) is 33.8 Å². The van der Waals surface area contributed by atoms with Crippen LogP contribution in [-0.2, 0) is 9.59 Å². The number of carbonyl (C=O) groups excluding carboxylic acids is 4. The number of rotatable bonds is 3. The van der Waals surface area contributed by atoms with Crippen LogP contribution in [0.2, 0.25) is 0 Å². The van der Waals surface area contributed by atoms with Crippen LogP contribution in [-0.4, -0.2) is 28.6 Å². The topological polar surface area (TPSA) is 118 Å². The van der Waals surface area contributed by atoms with E-state index >= 15 is 0 Å². The summed E-state index contributed by atoms with van der Waals surface area (Å²) in [5, 5.41) is 11.3. The molecule has 4 aliphatic rings. The van der Waals surface area contributed by atoms with Crippen LogP contribution < -0.4 is 9.80 Å². The van der Waals surface area contributed by atoms with Crippen molar-refractivity contribution in [2.45, 2.75) is 19.3 Å². The monoisotopic (exact) mass is 431 g/mol. The molecule has 2 bridgehead atoms. The van der Waals surface area contributed by atoms with Gasteiger partial charge in [-0.05, 0) is 61.4 Å². The molecule has 32 heavy (non-hydrogen) atoms. The molecular formula is C23H17N3O6. The molecule has 0 spiro atoms. The molecule has 3 fully saturated rings. The van der Waals surface area contributed by atoms with Gasteiger partial charge in [-0.1, -0.05) is 6.07 Å². The Hall–Kier alpha value is -3.88. The Bertz CT molecular complexity index is 1220. The number of hydrogen-bond acceptors (Lipinski definition) is 6. The Kier molecular flexibility index (Phi) is 3.72. The molecule has 2 aliphatic carbocycles. The van der Waals surface area contributed by atoms with E-state index in [1.165, 1.54) is 47.4 Å². The van der Waals surface area contributed by atoms with E-state index in [1.807, 2.05) is 0 Å². The van der Waals surface area contributed by atoms with Crippen LogP contribution in [0.15, 0.2) is 42.5 Å². The minimum Gasteiger partial charge on any atom is -0.274 e. The molecule has 2 heterocycles. The Labute approximate surface area is 181 Å². The van der Waals surface area contributed by atoms with Crippen LogP contribution in [0.25, 0.3) is 0 Å². The third-order valence-electron chi connectivity index (χ3n) is 7.38. The lowest BCUT2D eigenvalue weighted by molar-refractivity contribution is -0.385. The van der Waals surface area contributed by atoms with E-state index in [9.17, 15) is 29.3 Å². The van der Waals surface area contributed by atoms with Gasteiger partial charge in [-0.25, -0.2) is 4.90 Å². The maximum absolute atomic E-state index is 13.0. The van der Waals surface area contributed by atoms with Crippen molar-refractivity contribution < 1.29 is 24.1 Å². The molecule has 6 rings (SSSR count). The van der Waals surface area contributed by atoms with Gasteiger partial charge in [0.2, 0.25) is 11.8 Å². The van der Waals surface area contributed by atoms with E-state index in [0.717, 1.165) is 24.2 Å². The molecule has 9 heteroatoms. The second kappa shape index (κ2) is 6.32. The Morgan fingerprint density at radius 3 is 1.91 bits per heavy atom. The fraction of sp³-hybridized carbons (Fsp3) is 0.304. The van der Waals surface area contributed by atoms with Gasteiger partial charge in [0.25, 0.3) is 17.5 Å². The molecule has 0 aromatic heterocycles.